The van der Waals surface area contributed by atoms with Crippen LogP contribution < -0.4 is 5.73 Å². The standard InChI is InChI=1S/C12H15F2NO/c1-7-2-3-9(13)10(11(7)14)12(16)5-4-8(15)6-12/h2-3,8,16H,4-6,15H2,1H3. The molecule has 2 rings (SSSR count). The number of hydrogen-bond acceptors (Lipinski definition) is 2. The van der Waals surface area contributed by atoms with Crippen molar-refractivity contribution in [3.05, 3.63) is 34.9 Å². The van der Waals surface area contributed by atoms with Crippen molar-refractivity contribution in [1.29, 1.82) is 0 Å². The predicted octanol–water partition coefficient (Wildman–Crippen LogP) is 1.97. The van der Waals surface area contributed by atoms with Crippen LogP contribution in [0, 0.1) is 18.6 Å². The highest BCUT2D eigenvalue weighted by Gasteiger charge is 2.41. The maximum atomic E-state index is 13.8. The van der Waals surface area contributed by atoms with Crippen molar-refractivity contribution in [1.82, 2.24) is 0 Å². The highest BCUT2D eigenvalue weighted by molar-refractivity contribution is 5.32. The second-order valence-corrected chi connectivity index (χ2v) is 4.59. The van der Waals surface area contributed by atoms with Gasteiger partial charge in [0.2, 0.25) is 0 Å². The van der Waals surface area contributed by atoms with Crippen LogP contribution in [0.15, 0.2) is 12.1 Å². The molecule has 16 heavy (non-hydrogen) atoms. The summed E-state index contributed by atoms with van der Waals surface area (Å²) in [6, 6.07) is 2.37. The van der Waals surface area contributed by atoms with Crippen molar-refractivity contribution < 1.29 is 13.9 Å². The number of hydrogen-bond donors (Lipinski definition) is 2. The molecule has 2 unspecified atom stereocenters. The summed E-state index contributed by atoms with van der Waals surface area (Å²) in [5.41, 5.74) is 4.35. The zero-order valence-corrected chi connectivity index (χ0v) is 9.13. The number of aliphatic hydroxyl groups is 1. The summed E-state index contributed by atoms with van der Waals surface area (Å²) < 4.78 is 27.5. The topological polar surface area (TPSA) is 46.2 Å². The summed E-state index contributed by atoms with van der Waals surface area (Å²) in [7, 11) is 0. The molecule has 0 aromatic heterocycles. The molecule has 88 valence electrons. The van der Waals surface area contributed by atoms with Gasteiger partial charge in [0.25, 0.3) is 0 Å². The van der Waals surface area contributed by atoms with Crippen molar-refractivity contribution in [2.24, 2.45) is 5.73 Å². The molecule has 1 aliphatic carbocycles. The van der Waals surface area contributed by atoms with Crippen LogP contribution in [0.1, 0.15) is 30.4 Å². The molecule has 0 spiro atoms. The number of aryl methyl sites for hydroxylation is 1. The first-order chi connectivity index (χ1) is 7.44. The van der Waals surface area contributed by atoms with Gasteiger partial charge in [-0.3, -0.25) is 0 Å². The highest BCUT2D eigenvalue weighted by atomic mass is 19.1. The van der Waals surface area contributed by atoms with Crippen molar-refractivity contribution in [2.45, 2.75) is 37.8 Å². The SMILES string of the molecule is Cc1ccc(F)c(C2(O)CCC(N)C2)c1F. The fourth-order valence-electron chi connectivity index (χ4n) is 2.37. The maximum Gasteiger partial charge on any atom is 0.135 e. The second-order valence-electron chi connectivity index (χ2n) is 4.59. The third-order valence-electron chi connectivity index (χ3n) is 3.28. The Morgan fingerprint density at radius 2 is 2.12 bits per heavy atom. The number of rotatable bonds is 1. The minimum atomic E-state index is -1.44. The van der Waals surface area contributed by atoms with E-state index in [0.29, 0.717) is 18.4 Å². The molecular formula is C12H15F2NO. The van der Waals surface area contributed by atoms with Crippen molar-refractivity contribution in [3.63, 3.8) is 0 Å². The van der Waals surface area contributed by atoms with Crippen molar-refractivity contribution >= 4 is 0 Å². The first-order valence-electron chi connectivity index (χ1n) is 5.37. The lowest BCUT2D eigenvalue weighted by atomic mass is 9.89. The van der Waals surface area contributed by atoms with E-state index in [0.717, 1.165) is 0 Å². The van der Waals surface area contributed by atoms with E-state index in [1.807, 2.05) is 0 Å². The van der Waals surface area contributed by atoms with Crippen LogP contribution >= 0.6 is 0 Å². The first kappa shape index (κ1) is 11.5. The van der Waals surface area contributed by atoms with Gasteiger partial charge in [0.05, 0.1) is 11.2 Å². The molecule has 0 aliphatic heterocycles. The van der Waals surface area contributed by atoms with E-state index in [1.54, 1.807) is 6.92 Å². The van der Waals surface area contributed by atoms with E-state index in [-0.39, 0.29) is 18.0 Å². The lowest BCUT2D eigenvalue weighted by Crippen LogP contribution is -2.28. The zero-order valence-electron chi connectivity index (χ0n) is 9.13. The van der Waals surface area contributed by atoms with Gasteiger partial charge in [-0.05, 0) is 37.8 Å². The molecule has 1 aliphatic rings. The van der Waals surface area contributed by atoms with Crippen molar-refractivity contribution in [3.8, 4) is 0 Å². The Hall–Kier alpha value is -1.00. The van der Waals surface area contributed by atoms with E-state index in [1.165, 1.54) is 12.1 Å². The Labute approximate surface area is 93.1 Å². The predicted molar refractivity (Wildman–Crippen MR) is 56.8 cm³/mol. The van der Waals surface area contributed by atoms with Gasteiger partial charge < -0.3 is 10.8 Å². The number of halogens is 2. The van der Waals surface area contributed by atoms with Crippen molar-refractivity contribution in [2.75, 3.05) is 0 Å². The Kier molecular flexibility index (Phi) is 2.72. The van der Waals surface area contributed by atoms with Crippen LogP contribution in [-0.4, -0.2) is 11.1 Å². The average Bonchev–Trinajstić information content (AvgIpc) is 2.54. The third-order valence-corrected chi connectivity index (χ3v) is 3.28. The van der Waals surface area contributed by atoms with Gasteiger partial charge >= 0.3 is 0 Å². The van der Waals surface area contributed by atoms with Gasteiger partial charge in [-0.1, -0.05) is 6.07 Å². The van der Waals surface area contributed by atoms with Crippen LogP contribution in [0.5, 0.6) is 0 Å². The summed E-state index contributed by atoms with van der Waals surface area (Å²) in [5, 5.41) is 10.3. The van der Waals surface area contributed by atoms with Gasteiger partial charge in [-0.2, -0.15) is 0 Å². The molecular weight excluding hydrogens is 212 g/mol. The quantitative estimate of drug-likeness (QED) is 0.770. The van der Waals surface area contributed by atoms with E-state index >= 15 is 0 Å². The Balaban J connectivity index is 2.51. The van der Waals surface area contributed by atoms with Gasteiger partial charge in [0.1, 0.15) is 11.6 Å². The lowest BCUT2D eigenvalue weighted by Gasteiger charge is -2.24. The van der Waals surface area contributed by atoms with Crippen LogP contribution in [0.4, 0.5) is 8.78 Å². The van der Waals surface area contributed by atoms with Gasteiger partial charge in [-0.25, -0.2) is 8.78 Å². The normalized spacial score (nSPS) is 29.7. The Bertz CT molecular complexity index is 422. The molecule has 3 N–H and O–H groups in total. The lowest BCUT2D eigenvalue weighted by molar-refractivity contribution is 0.0354. The highest BCUT2D eigenvalue weighted by Crippen LogP contribution is 2.40. The molecule has 2 atom stereocenters. The van der Waals surface area contributed by atoms with E-state index in [9.17, 15) is 13.9 Å². The minimum Gasteiger partial charge on any atom is -0.385 e. The summed E-state index contributed by atoms with van der Waals surface area (Å²) in [6.45, 7) is 1.55. The molecule has 0 bridgehead atoms. The minimum absolute atomic E-state index is 0.190. The molecule has 1 fully saturated rings. The fourth-order valence-corrected chi connectivity index (χ4v) is 2.37. The first-order valence-corrected chi connectivity index (χ1v) is 5.37. The zero-order chi connectivity index (χ0) is 11.9. The summed E-state index contributed by atoms with van der Waals surface area (Å²) in [4.78, 5) is 0. The number of nitrogens with two attached hydrogens (primary N) is 1. The molecule has 2 nitrogen and oxygen atoms in total. The summed E-state index contributed by atoms with van der Waals surface area (Å²) in [5.74, 6) is -1.35. The maximum absolute atomic E-state index is 13.8. The monoisotopic (exact) mass is 227 g/mol. The van der Waals surface area contributed by atoms with E-state index in [4.69, 9.17) is 5.73 Å². The van der Waals surface area contributed by atoms with E-state index in [2.05, 4.69) is 0 Å². The Morgan fingerprint density at radius 3 is 2.69 bits per heavy atom. The third kappa shape index (κ3) is 1.72. The van der Waals surface area contributed by atoms with Crippen LogP contribution in [-0.2, 0) is 5.60 Å². The molecule has 1 saturated carbocycles. The molecule has 0 radical (unpaired) electrons. The van der Waals surface area contributed by atoms with Gasteiger partial charge in [0, 0.05) is 6.04 Å². The van der Waals surface area contributed by atoms with Gasteiger partial charge in [-0.15, -0.1) is 0 Å². The van der Waals surface area contributed by atoms with Crippen LogP contribution in [0.25, 0.3) is 0 Å². The second kappa shape index (κ2) is 3.79. The van der Waals surface area contributed by atoms with Crippen LogP contribution in [0.2, 0.25) is 0 Å². The van der Waals surface area contributed by atoms with Crippen LogP contribution in [0.3, 0.4) is 0 Å². The van der Waals surface area contributed by atoms with Gasteiger partial charge in [0.15, 0.2) is 0 Å². The Morgan fingerprint density at radius 1 is 1.44 bits per heavy atom. The molecule has 1 aromatic rings. The smallest absolute Gasteiger partial charge is 0.135 e. The number of benzene rings is 1. The average molecular weight is 227 g/mol. The molecule has 1 aromatic carbocycles. The summed E-state index contributed by atoms with van der Waals surface area (Å²) in [6.07, 6.45) is 1.11. The summed E-state index contributed by atoms with van der Waals surface area (Å²) >= 11 is 0. The van der Waals surface area contributed by atoms with E-state index < -0.39 is 17.2 Å². The fraction of sp³-hybridized carbons (Fsp3) is 0.500. The molecule has 4 heteroatoms. The molecule has 0 heterocycles. The molecule has 0 amide bonds. The molecule has 0 saturated heterocycles. The largest absolute Gasteiger partial charge is 0.385 e.